The minimum absolute atomic E-state index is 0.0334. The largest absolute Gasteiger partial charge is 0.460 e. The van der Waals surface area contributed by atoms with Gasteiger partial charge in [0, 0.05) is 0 Å². The molecular weight excluding hydrogens is 274 g/mol. The molecule has 3 rings (SSSR count). The van der Waals surface area contributed by atoms with Crippen LogP contribution in [-0.2, 0) is 9.53 Å². The van der Waals surface area contributed by atoms with Crippen molar-refractivity contribution in [2.45, 2.75) is 71.3 Å². The van der Waals surface area contributed by atoms with Gasteiger partial charge in [-0.15, -0.1) is 0 Å². The van der Waals surface area contributed by atoms with E-state index in [0.717, 1.165) is 18.3 Å². The molecule has 0 aliphatic heterocycles. The highest BCUT2D eigenvalue weighted by Gasteiger charge is 2.55. The molecule has 124 valence electrons. The van der Waals surface area contributed by atoms with Crippen molar-refractivity contribution >= 4 is 5.97 Å². The molecule has 0 heterocycles. The molecule has 3 heteroatoms. The number of hydrogen-bond acceptors (Lipinski definition) is 3. The van der Waals surface area contributed by atoms with E-state index in [9.17, 15) is 4.79 Å². The topological polar surface area (TPSA) is 52.3 Å². The van der Waals surface area contributed by atoms with Crippen molar-refractivity contribution in [3.63, 3.8) is 0 Å². The van der Waals surface area contributed by atoms with Gasteiger partial charge in [0.2, 0.25) is 0 Å². The Hall–Kier alpha value is -0.830. The smallest absolute Gasteiger partial charge is 0.306 e. The quantitative estimate of drug-likeness (QED) is 0.620. The second-order valence-corrected chi connectivity index (χ2v) is 8.85. The SMILES string of the molecule is CC(C)(C)OC(=O)C[C@]1(CN)C[C@@H]2CC(CC3CCC3)=C[C@@H]21. The highest BCUT2D eigenvalue weighted by atomic mass is 16.6. The van der Waals surface area contributed by atoms with Crippen LogP contribution in [0, 0.1) is 23.2 Å². The van der Waals surface area contributed by atoms with Gasteiger partial charge >= 0.3 is 5.97 Å². The maximum atomic E-state index is 12.2. The second-order valence-electron chi connectivity index (χ2n) is 8.85. The number of allylic oxidation sites excluding steroid dienone is 2. The van der Waals surface area contributed by atoms with Crippen LogP contribution in [0.3, 0.4) is 0 Å². The van der Waals surface area contributed by atoms with E-state index in [-0.39, 0.29) is 11.4 Å². The lowest BCUT2D eigenvalue weighted by atomic mass is 9.53. The molecule has 2 N–H and O–H groups in total. The fraction of sp³-hybridized carbons (Fsp3) is 0.842. The number of nitrogens with two attached hydrogens (primary N) is 1. The zero-order valence-corrected chi connectivity index (χ0v) is 14.4. The maximum absolute atomic E-state index is 12.2. The van der Waals surface area contributed by atoms with Gasteiger partial charge < -0.3 is 10.5 Å². The molecule has 22 heavy (non-hydrogen) atoms. The van der Waals surface area contributed by atoms with Gasteiger partial charge in [-0.05, 0) is 69.7 Å². The number of rotatable bonds is 5. The Bertz CT molecular complexity index is 472. The molecule has 0 bridgehead atoms. The zero-order chi connectivity index (χ0) is 16.0. The Morgan fingerprint density at radius 3 is 2.68 bits per heavy atom. The predicted molar refractivity (Wildman–Crippen MR) is 88.2 cm³/mol. The monoisotopic (exact) mass is 305 g/mol. The van der Waals surface area contributed by atoms with Gasteiger partial charge in [0.15, 0.2) is 0 Å². The van der Waals surface area contributed by atoms with Crippen molar-refractivity contribution < 1.29 is 9.53 Å². The van der Waals surface area contributed by atoms with Crippen molar-refractivity contribution in [2.24, 2.45) is 28.9 Å². The normalized spacial score (nSPS) is 34.5. The van der Waals surface area contributed by atoms with Gasteiger partial charge in [0.25, 0.3) is 0 Å². The van der Waals surface area contributed by atoms with Crippen molar-refractivity contribution in [1.82, 2.24) is 0 Å². The summed E-state index contributed by atoms with van der Waals surface area (Å²) in [6.45, 7) is 6.38. The summed E-state index contributed by atoms with van der Waals surface area (Å²) >= 11 is 0. The molecule has 0 spiro atoms. The van der Waals surface area contributed by atoms with Gasteiger partial charge in [-0.2, -0.15) is 0 Å². The Morgan fingerprint density at radius 2 is 2.14 bits per heavy atom. The van der Waals surface area contributed by atoms with E-state index in [0.29, 0.717) is 18.9 Å². The minimum Gasteiger partial charge on any atom is -0.460 e. The highest BCUT2D eigenvalue weighted by molar-refractivity contribution is 5.71. The predicted octanol–water partition coefficient (Wildman–Crippen LogP) is 3.82. The van der Waals surface area contributed by atoms with Crippen LogP contribution in [0.5, 0.6) is 0 Å². The first-order valence-corrected chi connectivity index (χ1v) is 8.93. The summed E-state index contributed by atoms with van der Waals surface area (Å²) in [6, 6.07) is 0. The summed E-state index contributed by atoms with van der Waals surface area (Å²) in [5.74, 6) is 2.10. The Balaban J connectivity index is 1.61. The van der Waals surface area contributed by atoms with E-state index in [4.69, 9.17) is 10.5 Å². The van der Waals surface area contributed by atoms with E-state index in [1.54, 1.807) is 5.57 Å². The van der Waals surface area contributed by atoms with Crippen molar-refractivity contribution in [2.75, 3.05) is 6.54 Å². The Morgan fingerprint density at radius 1 is 1.41 bits per heavy atom. The summed E-state index contributed by atoms with van der Waals surface area (Å²) < 4.78 is 5.52. The summed E-state index contributed by atoms with van der Waals surface area (Å²) in [5.41, 5.74) is 7.28. The molecule has 0 radical (unpaired) electrons. The average molecular weight is 305 g/mol. The second kappa shape index (κ2) is 5.67. The average Bonchev–Trinajstić information content (AvgIpc) is 2.67. The molecule has 3 aliphatic carbocycles. The third-order valence-corrected chi connectivity index (χ3v) is 5.92. The van der Waals surface area contributed by atoms with Gasteiger partial charge in [-0.1, -0.05) is 30.9 Å². The van der Waals surface area contributed by atoms with E-state index in [2.05, 4.69) is 6.08 Å². The highest BCUT2D eigenvalue weighted by Crippen LogP contribution is 2.60. The third-order valence-electron chi connectivity index (χ3n) is 5.92. The van der Waals surface area contributed by atoms with Gasteiger partial charge in [-0.3, -0.25) is 4.79 Å². The van der Waals surface area contributed by atoms with Crippen LogP contribution in [0.4, 0.5) is 0 Å². The zero-order valence-electron chi connectivity index (χ0n) is 14.4. The molecule has 2 saturated carbocycles. The maximum Gasteiger partial charge on any atom is 0.306 e. The molecule has 0 aromatic carbocycles. The third kappa shape index (κ3) is 3.10. The van der Waals surface area contributed by atoms with Crippen molar-refractivity contribution in [3.05, 3.63) is 11.6 Å². The lowest BCUT2D eigenvalue weighted by Gasteiger charge is -2.51. The fourth-order valence-corrected chi connectivity index (χ4v) is 4.66. The number of ether oxygens (including phenoxy) is 1. The standard InChI is InChI=1S/C19H31NO2/c1-18(2,3)22-17(21)11-19(12-20)10-15-8-14(9-16(15)19)7-13-5-4-6-13/h9,13,15-16H,4-8,10-12,20H2,1-3H3/t15-,16-,19-/m0/s1. The summed E-state index contributed by atoms with van der Waals surface area (Å²) in [4.78, 5) is 12.2. The van der Waals surface area contributed by atoms with Crippen LogP contribution in [-0.4, -0.2) is 18.1 Å². The van der Waals surface area contributed by atoms with E-state index >= 15 is 0 Å². The summed E-state index contributed by atoms with van der Waals surface area (Å²) in [6.07, 6.45) is 10.8. The van der Waals surface area contributed by atoms with Gasteiger partial charge in [-0.25, -0.2) is 0 Å². The fourth-order valence-electron chi connectivity index (χ4n) is 4.66. The number of fused-ring (bicyclic) bond motifs is 1. The van der Waals surface area contributed by atoms with Crippen LogP contribution < -0.4 is 5.73 Å². The van der Waals surface area contributed by atoms with E-state index < -0.39 is 5.60 Å². The Kier molecular flexibility index (Phi) is 4.13. The number of hydrogen-bond donors (Lipinski definition) is 1. The molecule has 3 nitrogen and oxygen atoms in total. The van der Waals surface area contributed by atoms with Gasteiger partial charge in [0.1, 0.15) is 5.60 Å². The number of carbonyl (C=O) groups excluding carboxylic acids is 1. The number of carbonyl (C=O) groups is 1. The molecule has 0 unspecified atom stereocenters. The van der Waals surface area contributed by atoms with Crippen LogP contribution in [0.15, 0.2) is 11.6 Å². The van der Waals surface area contributed by atoms with Crippen molar-refractivity contribution in [1.29, 1.82) is 0 Å². The van der Waals surface area contributed by atoms with Crippen LogP contribution in [0.1, 0.15) is 65.7 Å². The van der Waals surface area contributed by atoms with Gasteiger partial charge in [0.05, 0.1) is 6.42 Å². The first-order chi connectivity index (χ1) is 10.3. The molecule has 2 fully saturated rings. The molecule has 0 amide bonds. The molecule has 0 aromatic heterocycles. The molecule has 0 aromatic rings. The Labute approximate surface area is 134 Å². The summed E-state index contributed by atoms with van der Waals surface area (Å²) in [5, 5.41) is 0. The first-order valence-electron chi connectivity index (χ1n) is 8.93. The van der Waals surface area contributed by atoms with Crippen LogP contribution in [0.25, 0.3) is 0 Å². The lowest BCUT2D eigenvalue weighted by Crippen LogP contribution is -2.51. The first kappa shape index (κ1) is 16.0. The molecule has 3 aliphatic rings. The minimum atomic E-state index is -0.406. The van der Waals surface area contributed by atoms with Crippen LogP contribution in [0.2, 0.25) is 0 Å². The van der Waals surface area contributed by atoms with E-state index in [1.807, 2.05) is 20.8 Å². The van der Waals surface area contributed by atoms with Crippen molar-refractivity contribution in [3.8, 4) is 0 Å². The molecular formula is C19H31NO2. The van der Waals surface area contributed by atoms with E-state index in [1.165, 1.54) is 32.1 Å². The molecule has 0 saturated heterocycles. The molecule has 3 atom stereocenters. The number of esters is 1. The summed E-state index contributed by atoms with van der Waals surface area (Å²) in [7, 11) is 0. The lowest BCUT2D eigenvalue weighted by molar-refractivity contribution is -0.162. The van der Waals surface area contributed by atoms with Crippen LogP contribution >= 0.6 is 0 Å².